The Morgan fingerprint density at radius 2 is 1.88 bits per heavy atom. The molecule has 0 aliphatic carbocycles. The van der Waals surface area contributed by atoms with E-state index in [1.807, 2.05) is 36.4 Å². The molecule has 1 heterocycles. The number of fused-ring (bicyclic) bond motifs is 3. The Labute approximate surface area is 149 Å². The molecule has 0 amide bonds. The standard InChI is InChI=1S/C21H17FO4/c1-25-20(23)21(24)12-18(14-6-9-15(22)10-7-14)17-11-8-13-4-2-3-5-16(13)19(17)26-21/h2-11,18,24H,12H2,1H3/t18-,21+/m0/s1. The third-order valence-electron chi connectivity index (χ3n) is 4.81. The number of hydrogen-bond donors (Lipinski definition) is 1. The number of aliphatic hydroxyl groups is 1. The second-order valence-electron chi connectivity index (χ2n) is 6.39. The zero-order valence-electron chi connectivity index (χ0n) is 14.1. The van der Waals surface area contributed by atoms with Crippen LogP contribution in [0.15, 0.2) is 60.7 Å². The van der Waals surface area contributed by atoms with Gasteiger partial charge < -0.3 is 14.6 Å². The Kier molecular flexibility index (Phi) is 3.89. The van der Waals surface area contributed by atoms with Crippen molar-refractivity contribution < 1.29 is 23.8 Å². The van der Waals surface area contributed by atoms with Gasteiger partial charge >= 0.3 is 11.8 Å². The summed E-state index contributed by atoms with van der Waals surface area (Å²) in [5, 5.41) is 12.6. The largest absolute Gasteiger partial charge is 0.464 e. The van der Waals surface area contributed by atoms with Crippen LogP contribution in [0.3, 0.4) is 0 Å². The van der Waals surface area contributed by atoms with Crippen molar-refractivity contribution in [2.75, 3.05) is 7.11 Å². The number of methoxy groups -OCH3 is 1. The minimum absolute atomic E-state index is 0.0172. The fraction of sp³-hybridized carbons (Fsp3) is 0.190. The molecule has 0 bridgehead atoms. The molecule has 26 heavy (non-hydrogen) atoms. The molecule has 3 aromatic carbocycles. The summed E-state index contributed by atoms with van der Waals surface area (Å²) in [6.45, 7) is 0. The second-order valence-corrected chi connectivity index (χ2v) is 6.39. The van der Waals surface area contributed by atoms with Gasteiger partial charge in [0.05, 0.1) is 7.11 Å². The molecule has 0 fully saturated rings. The molecule has 132 valence electrons. The molecular formula is C21H17FO4. The minimum Gasteiger partial charge on any atom is -0.464 e. The van der Waals surface area contributed by atoms with E-state index >= 15 is 0 Å². The first kappa shape index (κ1) is 16.5. The van der Waals surface area contributed by atoms with Crippen molar-refractivity contribution in [3.05, 3.63) is 77.6 Å². The second kappa shape index (κ2) is 6.11. The lowest BCUT2D eigenvalue weighted by atomic mass is 9.81. The summed E-state index contributed by atoms with van der Waals surface area (Å²) in [5.41, 5.74) is 1.62. The lowest BCUT2D eigenvalue weighted by Gasteiger charge is -2.37. The van der Waals surface area contributed by atoms with Gasteiger partial charge in [-0.2, -0.15) is 0 Å². The highest BCUT2D eigenvalue weighted by Crippen LogP contribution is 2.47. The molecular weight excluding hydrogens is 335 g/mol. The highest BCUT2D eigenvalue weighted by Gasteiger charge is 2.47. The van der Waals surface area contributed by atoms with Gasteiger partial charge in [0.2, 0.25) is 0 Å². The van der Waals surface area contributed by atoms with Crippen LogP contribution in [0.1, 0.15) is 23.5 Å². The van der Waals surface area contributed by atoms with Gasteiger partial charge in [-0.3, -0.25) is 0 Å². The highest BCUT2D eigenvalue weighted by molar-refractivity contribution is 5.91. The van der Waals surface area contributed by atoms with E-state index < -0.39 is 11.8 Å². The average molecular weight is 352 g/mol. The first-order valence-electron chi connectivity index (χ1n) is 8.29. The summed E-state index contributed by atoms with van der Waals surface area (Å²) in [7, 11) is 1.20. The zero-order valence-corrected chi connectivity index (χ0v) is 14.1. The van der Waals surface area contributed by atoms with Crippen LogP contribution in [0.5, 0.6) is 5.75 Å². The number of rotatable bonds is 2. The van der Waals surface area contributed by atoms with Gasteiger partial charge in [-0.25, -0.2) is 9.18 Å². The third-order valence-corrected chi connectivity index (χ3v) is 4.81. The van der Waals surface area contributed by atoms with Crippen molar-refractivity contribution in [1.29, 1.82) is 0 Å². The molecule has 5 heteroatoms. The van der Waals surface area contributed by atoms with Crippen LogP contribution in [0.2, 0.25) is 0 Å². The number of ether oxygens (including phenoxy) is 2. The molecule has 0 saturated heterocycles. The molecule has 1 aliphatic rings. The van der Waals surface area contributed by atoms with Crippen LogP contribution < -0.4 is 4.74 Å². The van der Waals surface area contributed by atoms with Gasteiger partial charge in [0.15, 0.2) is 0 Å². The number of carbonyl (C=O) groups excluding carboxylic acids is 1. The predicted octanol–water partition coefficient (Wildman–Crippen LogP) is 3.75. The van der Waals surface area contributed by atoms with Crippen molar-refractivity contribution in [2.45, 2.75) is 18.1 Å². The number of hydrogen-bond acceptors (Lipinski definition) is 4. The molecule has 0 spiro atoms. The van der Waals surface area contributed by atoms with E-state index in [-0.39, 0.29) is 18.2 Å². The average Bonchev–Trinajstić information content (AvgIpc) is 2.67. The molecule has 0 radical (unpaired) electrons. The van der Waals surface area contributed by atoms with Gasteiger partial charge in [-0.1, -0.05) is 48.5 Å². The summed E-state index contributed by atoms with van der Waals surface area (Å²) in [4.78, 5) is 12.2. The first-order valence-corrected chi connectivity index (χ1v) is 8.29. The molecule has 1 N–H and O–H groups in total. The maximum atomic E-state index is 13.3. The van der Waals surface area contributed by atoms with Gasteiger partial charge in [0, 0.05) is 23.3 Å². The molecule has 2 atom stereocenters. The fourth-order valence-electron chi connectivity index (χ4n) is 3.52. The van der Waals surface area contributed by atoms with Crippen LogP contribution in [-0.2, 0) is 9.53 Å². The fourth-order valence-corrected chi connectivity index (χ4v) is 3.52. The van der Waals surface area contributed by atoms with E-state index in [0.29, 0.717) is 5.75 Å². The Bertz CT molecular complexity index is 983. The molecule has 0 saturated carbocycles. The molecule has 1 aliphatic heterocycles. The molecule has 4 rings (SSSR count). The Hall–Kier alpha value is -2.92. The smallest absolute Gasteiger partial charge is 0.379 e. The van der Waals surface area contributed by atoms with Crippen LogP contribution in [0, 0.1) is 5.82 Å². The number of esters is 1. The summed E-state index contributed by atoms with van der Waals surface area (Å²) in [5.74, 6) is -3.21. The van der Waals surface area contributed by atoms with Crippen LogP contribution in [0.4, 0.5) is 4.39 Å². The summed E-state index contributed by atoms with van der Waals surface area (Å²) in [6.07, 6.45) is -0.0172. The monoisotopic (exact) mass is 352 g/mol. The van der Waals surface area contributed by atoms with E-state index in [1.54, 1.807) is 12.1 Å². The molecule has 4 nitrogen and oxygen atoms in total. The van der Waals surface area contributed by atoms with Gasteiger partial charge in [0.1, 0.15) is 11.6 Å². The first-order chi connectivity index (χ1) is 12.5. The minimum atomic E-state index is -2.11. The SMILES string of the molecule is COC(=O)[C@@]1(O)C[C@@H](c2ccc(F)cc2)c2ccc3ccccc3c2O1. The topological polar surface area (TPSA) is 55.8 Å². The van der Waals surface area contributed by atoms with Crippen LogP contribution >= 0.6 is 0 Å². The van der Waals surface area contributed by atoms with Crippen molar-refractivity contribution >= 4 is 16.7 Å². The highest BCUT2D eigenvalue weighted by atomic mass is 19.1. The Morgan fingerprint density at radius 3 is 2.62 bits per heavy atom. The maximum absolute atomic E-state index is 13.3. The van der Waals surface area contributed by atoms with Crippen molar-refractivity contribution in [3.63, 3.8) is 0 Å². The van der Waals surface area contributed by atoms with Crippen molar-refractivity contribution in [1.82, 2.24) is 0 Å². The Morgan fingerprint density at radius 1 is 1.15 bits per heavy atom. The summed E-state index contributed by atoms with van der Waals surface area (Å²) in [6, 6.07) is 17.5. The van der Waals surface area contributed by atoms with Gasteiger partial charge in [-0.05, 0) is 23.1 Å². The summed E-state index contributed by atoms with van der Waals surface area (Å²) < 4.78 is 23.9. The summed E-state index contributed by atoms with van der Waals surface area (Å²) >= 11 is 0. The quantitative estimate of drug-likeness (QED) is 0.714. The number of carbonyl (C=O) groups is 1. The van der Waals surface area contributed by atoms with Crippen molar-refractivity contribution in [2.24, 2.45) is 0 Å². The Balaban J connectivity index is 1.94. The predicted molar refractivity (Wildman–Crippen MR) is 94.4 cm³/mol. The normalized spacial score (nSPS) is 21.7. The van der Waals surface area contributed by atoms with E-state index in [2.05, 4.69) is 0 Å². The van der Waals surface area contributed by atoms with Crippen LogP contribution in [-0.4, -0.2) is 24.0 Å². The van der Waals surface area contributed by atoms with E-state index in [0.717, 1.165) is 21.9 Å². The van der Waals surface area contributed by atoms with Gasteiger partial charge in [0.25, 0.3) is 0 Å². The maximum Gasteiger partial charge on any atom is 0.379 e. The number of halogens is 1. The van der Waals surface area contributed by atoms with E-state index in [1.165, 1.54) is 19.2 Å². The molecule has 3 aromatic rings. The zero-order chi connectivity index (χ0) is 18.3. The molecule has 0 aromatic heterocycles. The van der Waals surface area contributed by atoms with Crippen LogP contribution in [0.25, 0.3) is 10.8 Å². The number of benzene rings is 3. The van der Waals surface area contributed by atoms with Gasteiger partial charge in [-0.15, -0.1) is 0 Å². The van der Waals surface area contributed by atoms with E-state index in [9.17, 15) is 14.3 Å². The van der Waals surface area contributed by atoms with Crippen molar-refractivity contribution in [3.8, 4) is 5.75 Å². The van der Waals surface area contributed by atoms with E-state index in [4.69, 9.17) is 9.47 Å². The lowest BCUT2D eigenvalue weighted by Crippen LogP contribution is -2.49. The molecule has 0 unspecified atom stereocenters. The third kappa shape index (κ3) is 2.61. The lowest BCUT2D eigenvalue weighted by molar-refractivity contribution is -0.202.